The summed E-state index contributed by atoms with van der Waals surface area (Å²) in [6, 6.07) is 0. The van der Waals surface area contributed by atoms with Gasteiger partial charge in [0.2, 0.25) is 0 Å². The number of imidazole rings is 2. The molecule has 56 valence electrons. The first kappa shape index (κ1) is 10.2. The molecule has 2 heterocycles. The molecule has 2 aromatic heterocycles. The third-order valence-electron chi connectivity index (χ3n) is 1.74. The predicted molar refractivity (Wildman–Crippen MR) is 45.0 cm³/mol. The van der Waals surface area contributed by atoms with Crippen LogP contribution in [0.25, 0.3) is 0 Å². The second kappa shape index (κ2) is 4.98. The van der Waals surface area contributed by atoms with E-state index in [0.717, 1.165) is 11.4 Å². The van der Waals surface area contributed by atoms with Gasteiger partial charge in [0, 0.05) is 24.8 Å². The van der Waals surface area contributed by atoms with Crippen LogP contribution < -0.4 is 62.8 Å². The van der Waals surface area contributed by atoms with Crippen LogP contribution in [0.5, 0.6) is 0 Å². The van der Waals surface area contributed by atoms with Gasteiger partial charge in [-0.2, -0.15) is 0 Å². The van der Waals surface area contributed by atoms with Crippen LogP contribution in [0, 0.1) is 0 Å². The Morgan fingerprint density at radius 2 is 1.50 bits per heavy atom. The largest absolute Gasteiger partial charge is 1.00 e. The maximum absolute atomic E-state index is 4.13. The third kappa shape index (κ3) is 2.56. The van der Waals surface area contributed by atoms with E-state index < -0.39 is 0 Å². The van der Waals surface area contributed by atoms with Crippen LogP contribution in [0.4, 0.5) is 0 Å². The van der Waals surface area contributed by atoms with Crippen molar-refractivity contribution < 1.29 is 51.4 Å². The van der Waals surface area contributed by atoms with Crippen LogP contribution in [0.2, 0.25) is 0 Å². The molecule has 0 fully saturated rings. The number of aromatic nitrogens is 4. The molecule has 6 heteroatoms. The Morgan fingerprint density at radius 3 is 1.83 bits per heavy atom. The van der Waals surface area contributed by atoms with E-state index in [0.29, 0.717) is 0 Å². The molecule has 0 saturated carbocycles. The Balaban J connectivity index is 0.000000720. The van der Waals surface area contributed by atoms with Gasteiger partial charge in [-0.3, -0.25) is 9.97 Å². The second-order valence-corrected chi connectivity index (χ2v) is 2.60. The first-order valence-corrected chi connectivity index (χ1v) is 3.71. The minimum absolute atomic E-state index is 0. The van der Waals surface area contributed by atoms with Crippen molar-refractivity contribution in [3.8, 4) is 0 Å². The van der Waals surface area contributed by atoms with E-state index >= 15 is 0 Å². The molecule has 0 bridgehead atoms. The maximum Gasteiger partial charge on any atom is 1.00 e. The minimum atomic E-state index is -0.361. The number of nitrogens with zero attached hydrogens (tertiary/aromatic N) is 2. The normalized spacial score (nSPS) is 9.33. The van der Waals surface area contributed by atoms with Crippen molar-refractivity contribution >= 4 is 18.7 Å². The Hall–Kier alpha value is 0.121. The molecular weight excluding hydrogens is 178 g/mol. The summed E-state index contributed by atoms with van der Waals surface area (Å²) in [5.74, 6) is 0. The zero-order valence-electron chi connectivity index (χ0n) is 7.20. The second-order valence-electron chi connectivity index (χ2n) is 2.60. The van der Waals surface area contributed by atoms with E-state index in [1.807, 2.05) is 12.4 Å². The van der Waals surface area contributed by atoms with Gasteiger partial charge < -0.3 is 9.97 Å². The van der Waals surface area contributed by atoms with Crippen molar-refractivity contribution in [3.63, 3.8) is 0 Å². The summed E-state index contributed by atoms with van der Waals surface area (Å²) in [5.41, 5.74) is 2.11. The van der Waals surface area contributed by atoms with Crippen molar-refractivity contribution in [1.29, 1.82) is 0 Å². The van der Waals surface area contributed by atoms with E-state index in [9.17, 15) is 0 Å². The van der Waals surface area contributed by atoms with Crippen LogP contribution in [-0.2, 0) is 0 Å². The van der Waals surface area contributed by atoms with Gasteiger partial charge in [0.15, 0.2) is 0 Å². The van der Waals surface area contributed by atoms with Crippen molar-refractivity contribution in [3.05, 3.63) is 24.8 Å². The Morgan fingerprint density at radius 1 is 1.00 bits per heavy atom. The average molecular weight is 186 g/mol. The fourth-order valence-corrected chi connectivity index (χ4v) is 1.19. The quantitative estimate of drug-likeness (QED) is 0.463. The summed E-state index contributed by atoms with van der Waals surface area (Å²) in [6.45, 7) is 0. The molecule has 0 unspecified atom stereocenters. The van der Waals surface area contributed by atoms with Crippen LogP contribution in [0.1, 0.15) is 0 Å². The van der Waals surface area contributed by atoms with Gasteiger partial charge in [0.05, 0.1) is 0 Å². The molecule has 0 amide bonds. The SMILES string of the molecule is [BH2-](c1ncc[nH]1)c1ncc[nH]1.[K+]. The molecular formula is C6H8BKN4. The van der Waals surface area contributed by atoms with Crippen LogP contribution in [-0.4, -0.2) is 27.2 Å². The van der Waals surface area contributed by atoms with Gasteiger partial charge >= 0.3 is 51.4 Å². The topological polar surface area (TPSA) is 57.4 Å². The fourth-order valence-electron chi connectivity index (χ4n) is 1.19. The summed E-state index contributed by atoms with van der Waals surface area (Å²) in [4.78, 5) is 14.4. The van der Waals surface area contributed by atoms with Crippen molar-refractivity contribution in [2.24, 2.45) is 0 Å². The molecule has 0 aliphatic rings. The number of nitrogens with one attached hydrogen (secondary N) is 2. The summed E-state index contributed by atoms with van der Waals surface area (Å²) in [5, 5.41) is 0. The smallest absolute Gasteiger partial charge is 0.385 e. The molecule has 0 aliphatic heterocycles. The van der Waals surface area contributed by atoms with E-state index in [1.165, 1.54) is 0 Å². The summed E-state index contributed by atoms with van der Waals surface area (Å²) in [6.07, 6.45) is 7.20. The van der Waals surface area contributed by atoms with Gasteiger partial charge in [-0.25, -0.2) is 0 Å². The molecule has 0 aliphatic carbocycles. The van der Waals surface area contributed by atoms with E-state index in [2.05, 4.69) is 19.9 Å². The third-order valence-corrected chi connectivity index (χ3v) is 1.74. The number of hydrogen-bond acceptors (Lipinski definition) is 2. The first-order chi connectivity index (χ1) is 5.45. The van der Waals surface area contributed by atoms with Crippen molar-refractivity contribution in [2.75, 3.05) is 0 Å². The first-order valence-electron chi connectivity index (χ1n) is 3.71. The molecule has 0 radical (unpaired) electrons. The minimum Gasteiger partial charge on any atom is -0.385 e. The number of rotatable bonds is 2. The number of H-pyrrole nitrogens is 2. The zero-order chi connectivity index (χ0) is 7.52. The van der Waals surface area contributed by atoms with Gasteiger partial charge in [0.25, 0.3) is 0 Å². The van der Waals surface area contributed by atoms with Gasteiger partial charge in [0.1, 0.15) is 7.28 Å². The van der Waals surface area contributed by atoms with Gasteiger partial charge in [-0.05, 0) is 0 Å². The molecule has 0 aromatic carbocycles. The van der Waals surface area contributed by atoms with Crippen LogP contribution >= 0.6 is 0 Å². The zero-order valence-corrected chi connectivity index (χ0v) is 10.3. The van der Waals surface area contributed by atoms with E-state index in [-0.39, 0.29) is 58.7 Å². The summed E-state index contributed by atoms with van der Waals surface area (Å²) >= 11 is 0. The molecule has 4 nitrogen and oxygen atoms in total. The molecule has 2 aromatic rings. The Labute approximate surface area is 113 Å². The maximum atomic E-state index is 4.13. The average Bonchev–Trinajstić information content (AvgIpc) is 2.60. The molecule has 2 rings (SSSR count). The molecule has 0 spiro atoms. The predicted octanol–water partition coefficient (Wildman–Crippen LogP) is -4.74. The number of hydrogen-bond donors (Lipinski definition) is 2. The summed E-state index contributed by atoms with van der Waals surface area (Å²) in [7, 11) is -0.361. The van der Waals surface area contributed by atoms with Gasteiger partial charge in [-0.15, -0.1) is 0 Å². The van der Waals surface area contributed by atoms with Crippen LogP contribution in [0.3, 0.4) is 0 Å². The van der Waals surface area contributed by atoms with Crippen LogP contribution in [0.15, 0.2) is 24.8 Å². The molecule has 0 atom stereocenters. The Kier molecular flexibility index (Phi) is 4.24. The molecule has 0 saturated heterocycles. The Bertz CT molecular complexity index is 272. The van der Waals surface area contributed by atoms with Crippen molar-refractivity contribution in [1.82, 2.24) is 19.9 Å². The van der Waals surface area contributed by atoms with Crippen molar-refractivity contribution in [2.45, 2.75) is 0 Å². The monoisotopic (exact) mass is 186 g/mol. The van der Waals surface area contributed by atoms with E-state index in [4.69, 9.17) is 0 Å². The number of aromatic amines is 2. The van der Waals surface area contributed by atoms with E-state index in [1.54, 1.807) is 12.4 Å². The molecule has 12 heavy (non-hydrogen) atoms. The summed E-state index contributed by atoms with van der Waals surface area (Å²) < 4.78 is 0. The fraction of sp³-hybridized carbons (Fsp3) is 0. The molecule has 2 N–H and O–H groups in total. The standard InChI is InChI=1S/C6H8BN4.K/c1-2-9-5(8-1)7-6-10-3-4-11-6;/h1-4H,7H2,(H,8,9)(H,10,11);/q-1;+1. The van der Waals surface area contributed by atoms with Gasteiger partial charge in [-0.1, -0.05) is 11.4 Å².